The van der Waals surface area contributed by atoms with Gasteiger partial charge in [0.1, 0.15) is 29.8 Å². The normalized spacial score (nSPS) is 30.4. The number of hydrogen-bond donors (Lipinski definition) is 3. The summed E-state index contributed by atoms with van der Waals surface area (Å²) in [6.45, 7) is 0.831. The van der Waals surface area contributed by atoms with E-state index in [2.05, 4.69) is 16.0 Å². The molecule has 13 heteroatoms. The maximum atomic E-state index is 14.4. The maximum Gasteiger partial charge on any atom is 0.410 e. The minimum atomic E-state index is -1.33. The molecule has 51 heavy (non-hydrogen) atoms. The van der Waals surface area contributed by atoms with Crippen molar-refractivity contribution in [3.8, 4) is 0 Å². The van der Waals surface area contributed by atoms with Crippen LogP contribution in [0.2, 0.25) is 0 Å². The third-order valence-electron chi connectivity index (χ3n) is 11.4. The fraction of sp³-hybridized carbons (Fsp3) is 0.632. The van der Waals surface area contributed by atoms with Crippen LogP contribution < -0.4 is 16.0 Å². The van der Waals surface area contributed by atoms with Gasteiger partial charge in [0.05, 0.1) is 6.54 Å². The number of carbonyl (C=O) groups is 6. The number of nitrogens with one attached hydrogen (secondary N) is 3. The van der Waals surface area contributed by atoms with Crippen LogP contribution in [0.5, 0.6) is 0 Å². The molecular formula is C38H49N5O8. The second kappa shape index (κ2) is 15.1. The van der Waals surface area contributed by atoms with Crippen molar-refractivity contribution in [2.24, 2.45) is 11.8 Å². The van der Waals surface area contributed by atoms with Crippen LogP contribution in [0.4, 0.5) is 9.59 Å². The molecule has 1 saturated heterocycles. The Morgan fingerprint density at radius 1 is 0.882 bits per heavy atom. The fourth-order valence-electron chi connectivity index (χ4n) is 8.04. The molecule has 6 amide bonds. The monoisotopic (exact) mass is 703 g/mol. The molecule has 3 aliphatic heterocycles. The SMILES string of the molecule is O=C(N[C@H]1CCCCC/C=C\[C@@H]2C[C@@]2(C(=O)NC(=O)C2CC2)NC(=O)C2C[C@@H](OC(=O)N3CCc4ccccc4C3)CN2C1=O)OC1CCCC1. The molecule has 3 aliphatic carbocycles. The van der Waals surface area contributed by atoms with Gasteiger partial charge in [-0.1, -0.05) is 49.3 Å². The summed E-state index contributed by atoms with van der Waals surface area (Å²) < 4.78 is 11.6. The summed E-state index contributed by atoms with van der Waals surface area (Å²) >= 11 is 0. The number of carbonyl (C=O) groups excluding carboxylic acids is 6. The summed E-state index contributed by atoms with van der Waals surface area (Å²) in [7, 11) is 0. The number of hydrogen-bond acceptors (Lipinski definition) is 8. The number of ether oxygens (including phenoxy) is 2. The first-order valence-corrected chi connectivity index (χ1v) is 18.8. The molecule has 1 aromatic carbocycles. The van der Waals surface area contributed by atoms with Crippen LogP contribution in [0.25, 0.3) is 0 Å². The Bertz CT molecular complexity index is 1570. The van der Waals surface area contributed by atoms with Gasteiger partial charge in [-0.15, -0.1) is 0 Å². The average Bonchev–Trinajstić information content (AvgIpc) is 3.99. The summed E-state index contributed by atoms with van der Waals surface area (Å²) in [6.07, 6.45) is 11.2. The minimum absolute atomic E-state index is 0.0200. The van der Waals surface area contributed by atoms with Crippen LogP contribution in [0, 0.1) is 11.8 Å². The number of rotatable bonds is 5. The van der Waals surface area contributed by atoms with Gasteiger partial charge in [0, 0.05) is 31.3 Å². The van der Waals surface area contributed by atoms with E-state index in [1.54, 1.807) is 4.90 Å². The van der Waals surface area contributed by atoms with Gasteiger partial charge in [-0.25, -0.2) is 9.59 Å². The topological polar surface area (TPSA) is 163 Å². The van der Waals surface area contributed by atoms with Crippen LogP contribution in [0.15, 0.2) is 36.4 Å². The predicted octanol–water partition coefficient (Wildman–Crippen LogP) is 3.64. The van der Waals surface area contributed by atoms with Gasteiger partial charge in [0.2, 0.25) is 17.7 Å². The van der Waals surface area contributed by atoms with Crippen molar-refractivity contribution in [3.05, 3.63) is 47.5 Å². The van der Waals surface area contributed by atoms with Gasteiger partial charge in [-0.05, 0) is 81.8 Å². The van der Waals surface area contributed by atoms with E-state index < -0.39 is 53.6 Å². The smallest absolute Gasteiger partial charge is 0.410 e. The molecule has 4 fully saturated rings. The van der Waals surface area contributed by atoms with Crippen molar-refractivity contribution in [1.82, 2.24) is 25.8 Å². The molecule has 274 valence electrons. The Hall–Kier alpha value is -4.42. The molecule has 0 aromatic heterocycles. The van der Waals surface area contributed by atoms with Gasteiger partial charge in [0.15, 0.2) is 0 Å². The zero-order chi connectivity index (χ0) is 35.5. The molecule has 0 spiro atoms. The Kier molecular flexibility index (Phi) is 10.3. The highest BCUT2D eigenvalue weighted by Crippen LogP contribution is 2.46. The summed E-state index contributed by atoms with van der Waals surface area (Å²) in [5, 5.41) is 8.25. The largest absolute Gasteiger partial charge is 0.446 e. The third kappa shape index (κ3) is 8.07. The van der Waals surface area contributed by atoms with E-state index in [4.69, 9.17) is 9.47 Å². The highest BCUT2D eigenvalue weighted by Gasteiger charge is 2.61. The van der Waals surface area contributed by atoms with Crippen molar-refractivity contribution in [1.29, 1.82) is 0 Å². The van der Waals surface area contributed by atoms with Crippen molar-refractivity contribution in [3.63, 3.8) is 0 Å². The fourth-order valence-corrected chi connectivity index (χ4v) is 8.04. The number of amides is 6. The molecule has 3 saturated carbocycles. The van der Waals surface area contributed by atoms with Gasteiger partial charge >= 0.3 is 12.2 Å². The molecule has 0 bridgehead atoms. The lowest BCUT2D eigenvalue weighted by molar-refractivity contribution is -0.141. The number of allylic oxidation sites excluding steroid dienone is 1. The van der Waals surface area contributed by atoms with Crippen molar-refractivity contribution < 1.29 is 38.2 Å². The molecule has 6 aliphatic rings. The zero-order valence-electron chi connectivity index (χ0n) is 29.1. The Morgan fingerprint density at radius 2 is 1.65 bits per heavy atom. The third-order valence-corrected chi connectivity index (χ3v) is 11.4. The second-order valence-electron chi connectivity index (χ2n) is 15.1. The highest BCUT2D eigenvalue weighted by molar-refractivity contribution is 6.06. The molecule has 3 N–H and O–H groups in total. The second-order valence-corrected chi connectivity index (χ2v) is 15.1. The van der Waals surface area contributed by atoms with Gasteiger partial charge in [0.25, 0.3) is 5.91 Å². The number of alkyl carbamates (subject to hydrolysis) is 1. The Morgan fingerprint density at radius 3 is 2.43 bits per heavy atom. The standard InChI is InChI=1S/C38H49N5O8/c44-32(25-16-17-25)40-35(47)38-21-27(38)12-4-2-1-3-5-15-30(39-36(48)50-28-13-8-9-14-28)34(46)43-23-29(20-31(43)33(45)41-38)51-37(49)42-19-18-24-10-6-7-11-26(24)22-42/h4,6-7,10-12,25,27-31H,1-3,5,8-9,13-23H2,(H,39,48)(H,41,45)(H,40,44,47)/b12-4-/t27-,29-,30+,31?,38-/m1/s1. The quantitative estimate of drug-likeness (QED) is 0.309. The van der Waals surface area contributed by atoms with E-state index >= 15 is 0 Å². The van der Waals surface area contributed by atoms with E-state index in [9.17, 15) is 28.8 Å². The molecular weight excluding hydrogens is 654 g/mol. The van der Waals surface area contributed by atoms with Gasteiger partial charge in [-0.2, -0.15) is 0 Å². The first-order chi connectivity index (χ1) is 24.7. The van der Waals surface area contributed by atoms with Crippen LogP contribution in [-0.4, -0.2) is 88.5 Å². The molecule has 1 unspecified atom stereocenters. The van der Waals surface area contributed by atoms with Gasteiger partial charge < -0.3 is 29.9 Å². The van der Waals surface area contributed by atoms with E-state index in [0.29, 0.717) is 38.8 Å². The molecule has 13 nitrogen and oxygen atoms in total. The molecule has 3 heterocycles. The number of benzene rings is 1. The van der Waals surface area contributed by atoms with Crippen molar-refractivity contribution in [2.75, 3.05) is 13.1 Å². The van der Waals surface area contributed by atoms with Gasteiger partial charge in [-0.3, -0.25) is 24.5 Å². The highest BCUT2D eigenvalue weighted by atomic mass is 16.6. The van der Waals surface area contributed by atoms with Crippen molar-refractivity contribution >= 4 is 35.8 Å². The van der Waals surface area contributed by atoms with Crippen LogP contribution in [0.3, 0.4) is 0 Å². The van der Waals surface area contributed by atoms with Crippen LogP contribution >= 0.6 is 0 Å². The molecule has 5 atom stereocenters. The van der Waals surface area contributed by atoms with E-state index in [-0.39, 0.29) is 36.8 Å². The summed E-state index contributed by atoms with van der Waals surface area (Å²) in [5.74, 6) is -2.41. The summed E-state index contributed by atoms with van der Waals surface area (Å²) in [4.78, 5) is 84.3. The number of fused-ring (bicyclic) bond motifs is 3. The lowest BCUT2D eigenvalue weighted by atomic mass is 10.0. The summed E-state index contributed by atoms with van der Waals surface area (Å²) in [6, 6.07) is 5.91. The summed E-state index contributed by atoms with van der Waals surface area (Å²) in [5.41, 5.74) is 0.904. The van der Waals surface area contributed by atoms with Crippen molar-refractivity contribution in [2.45, 2.75) is 126 Å². The maximum absolute atomic E-state index is 14.4. The van der Waals surface area contributed by atoms with E-state index in [1.807, 2.05) is 36.4 Å². The predicted molar refractivity (Wildman–Crippen MR) is 184 cm³/mol. The first kappa shape index (κ1) is 35.0. The molecule has 7 rings (SSSR count). The van der Waals surface area contributed by atoms with E-state index in [1.165, 1.54) is 10.5 Å². The average molecular weight is 704 g/mol. The van der Waals surface area contributed by atoms with Crippen LogP contribution in [-0.2, 0) is 41.6 Å². The lowest BCUT2D eigenvalue weighted by Crippen LogP contribution is -2.58. The Labute approximate surface area is 298 Å². The minimum Gasteiger partial charge on any atom is -0.446 e. The first-order valence-electron chi connectivity index (χ1n) is 18.8. The Balaban J connectivity index is 1.11. The lowest BCUT2D eigenvalue weighted by Gasteiger charge is -2.30. The molecule has 1 aromatic rings. The number of imide groups is 1. The van der Waals surface area contributed by atoms with E-state index in [0.717, 1.165) is 63.4 Å². The van der Waals surface area contributed by atoms with Crippen LogP contribution in [0.1, 0.15) is 94.6 Å². The number of nitrogens with zero attached hydrogens (tertiary/aromatic N) is 2. The zero-order valence-corrected chi connectivity index (χ0v) is 29.1. The molecule has 0 radical (unpaired) electrons.